The number of aryl methyl sites for hydroxylation is 1. The molecule has 2 aromatic heterocycles. The molecule has 0 aliphatic carbocycles. The number of piperazine rings is 1. The SMILES string of the molecule is CN=C(NCCn1cccn1)N1CCN(c2cnn(C)c2)C(=O)C1. The molecule has 128 valence electrons. The number of nitrogens with one attached hydrogen (secondary N) is 1. The molecule has 0 bridgehead atoms. The van der Waals surface area contributed by atoms with Crippen LogP contribution in [0, 0.1) is 0 Å². The fourth-order valence-electron chi connectivity index (χ4n) is 2.72. The van der Waals surface area contributed by atoms with Crippen molar-refractivity contribution in [2.75, 3.05) is 38.1 Å². The number of aliphatic imine (C=N–C) groups is 1. The molecule has 0 atom stereocenters. The van der Waals surface area contributed by atoms with Crippen LogP contribution in [0.15, 0.2) is 35.8 Å². The average Bonchev–Trinajstić information content (AvgIpc) is 3.23. The van der Waals surface area contributed by atoms with Gasteiger partial charge in [0.25, 0.3) is 0 Å². The normalized spacial score (nSPS) is 15.9. The molecular formula is C15H22N8O. The number of rotatable bonds is 4. The van der Waals surface area contributed by atoms with Gasteiger partial charge in [-0.15, -0.1) is 0 Å². The maximum atomic E-state index is 12.4. The Kier molecular flexibility index (Phi) is 4.78. The Morgan fingerprint density at radius 1 is 1.38 bits per heavy atom. The third kappa shape index (κ3) is 3.55. The Labute approximate surface area is 140 Å². The summed E-state index contributed by atoms with van der Waals surface area (Å²) in [5.41, 5.74) is 0.837. The number of carbonyl (C=O) groups excluding carboxylic acids is 1. The van der Waals surface area contributed by atoms with E-state index in [0.29, 0.717) is 19.6 Å². The Balaban J connectivity index is 1.54. The molecule has 9 heteroatoms. The molecule has 0 unspecified atom stereocenters. The summed E-state index contributed by atoms with van der Waals surface area (Å²) in [6.45, 7) is 3.09. The van der Waals surface area contributed by atoms with E-state index in [1.54, 1.807) is 29.0 Å². The summed E-state index contributed by atoms with van der Waals surface area (Å²) in [5, 5.41) is 11.6. The van der Waals surface area contributed by atoms with Crippen LogP contribution in [0.5, 0.6) is 0 Å². The zero-order chi connectivity index (χ0) is 16.9. The van der Waals surface area contributed by atoms with Gasteiger partial charge in [-0.1, -0.05) is 0 Å². The van der Waals surface area contributed by atoms with E-state index in [9.17, 15) is 4.79 Å². The van der Waals surface area contributed by atoms with E-state index < -0.39 is 0 Å². The molecular weight excluding hydrogens is 308 g/mol. The Hall–Kier alpha value is -2.84. The number of carbonyl (C=O) groups is 1. The molecule has 1 N–H and O–H groups in total. The van der Waals surface area contributed by atoms with E-state index in [1.165, 1.54) is 0 Å². The van der Waals surface area contributed by atoms with Crippen molar-refractivity contribution in [2.45, 2.75) is 6.54 Å². The molecule has 1 saturated heterocycles. The number of nitrogens with zero attached hydrogens (tertiary/aromatic N) is 7. The standard InChI is InChI=1S/C15H22N8O/c1-16-15(17-5-7-22-6-3-4-18-22)21-8-9-23(14(24)12-21)13-10-19-20(2)11-13/h3-4,6,10-11H,5,7-9,12H2,1-2H3,(H,16,17). The minimum atomic E-state index is 0.0456. The highest BCUT2D eigenvalue weighted by molar-refractivity contribution is 5.98. The van der Waals surface area contributed by atoms with Crippen LogP contribution in [-0.2, 0) is 18.4 Å². The number of guanidine groups is 1. The molecule has 0 saturated carbocycles. The lowest BCUT2D eigenvalue weighted by Gasteiger charge is -2.35. The van der Waals surface area contributed by atoms with Crippen molar-refractivity contribution < 1.29 is 4.79 Å². The molecule has 3 heterocycles. The van der Waals surface area contributed by atoms with Crippen molar-refractivity contribution in [1.29, 1.82) is 0 Å². The summed E-state index contributed by atoms with van der Waals surface area (Å²) in [6.07, 6.45) is 7.24. The van der Waals surface area contributed by atoms with Gasteiger partial charge in [-0.3, -0.25) is 19.2 Å². The fourth-order valence-corrected chi connectivity index (χ4v) is 2.72. The first-order valence-corrected chi connectivity index (χ1v) is 7.89. The second-order valence-corrected chi connectivity index (χ2v) is 5.58. The number of amides is 1. The molecule has 0 spiro atoms. The second-order valence-electron chi connectivity index (χ2n) is 5.58. The molecule has 24 heavy (non-hydrogen) atoms. The van der Waals surface area contributed by atoms with Crippen molar-refractivity contribution in [3.63, 3.8) is 0 Å². The van der Waals surface area contributed by atoms with Gasteiger partial charge in [0, 0.05) is 52.3 Å². The topological polar surface area (TPSA) is 83.6 Å². The maximum Gasteiger partial charge on any atom is 0.246 e. The monoisotopic (exact) mass is 330 g/mol. The highest BCUT2D eigenvalue weighted by Crippen LogP contribution is 2.15. The van der Waals surface area contributed by atoms with Gasteiger partial charge in [0.15, 0.2) is 5.96 Å². The quantitative estimate of drug-likeness (QED) is 0.606. The molecule has 1 aliphatic heterocycles. The van der Waals surface area contributed by atoms with E-state index in [2.05, 4.69) is 20.5 Å². The van der Waals surface area contributed by atoms with E-state index in [1.807, 2.05) is 35.1 Å². The highest BCUT2D eigenvalue weighted by Gasteiger charge is 2.27. The van der Waals surface area contributed by atoms with Crippen molar-refractivity contribution in [3.05, 3.63) is 30.9 Å². The largest absolute Gasteiger partial charge is 0.354 e. The Morgan fingerprint density at radius 3 is 2.88 bits per heavy atom. The zero-order valence-corrected chi connectivity index (χ0v) is 14.0. The summed E-state index contributed by atoms with van der Waals surface area (Å²) in [7, 11) is 3.57. The molecule has 0 aromatic carbocycles. The Morgan fingerprint density at radius 2 is 2.25 bits per heavy atom. The summed E-state index contributed by atoms with van der Waals surface area (Å²) in [5.74, 6) is 0.783. The summed E-state index contributed by atoms with van der Waals surface area (Å²) >= 11 is 0. The number of anilines is 1. The van der Waals surface area contributed by atoms with Crippen LogP contribution in [-0.4, -0.2) is 69.6 Å². The number of hydrogen-bond donors (Lipinski definition) is 1. The van der Waals surface area contributed by atoms with Crippen LogP contribution in [0.25, 0.3) is 0 Å². The summed E-state index contributed by atoms with van der Waals surface area (Å²) in [6, 6.07) is 1.89. The van der Waals surface area contributed by atoms with Gasteiger partial charge in [0.05, 0.1) is 18.4 Å². The predicted molar refractivity (Wildman–Crippen MR) is 90.7 cm³/mol. The van der Waals surface area contributed by atoms with Gasteiger partial charge in [0.2, 0.25) is 5.91 Å². The highest BCUT2D eigenvalue weighted by atomic mass is 16.2. The molecule has 3 rings (SSSR count). The van der Waals surface area contributed by atoms with Crippen molar-refractivity contribution in [2.24, 2.45) is 12.0 Å². The summed E-state index contributed by atoms with van der Waals surface area (Å²) < 4.78 is 3.55. The third-order valence-electron chi connectivity index (χ3n) is 3.92. The summed E-state index contributed by atoms with van der Waals surface area (Å²) in [4.78, 5) is 20.5. The van der Waals surface area contributed by atoms with Crippen LogP contribution < -0.4 is 10.2 Å². The second kappa shape index (κ2) is 7.16. The lowest BCUT2D eigenvalue weighted by atomic mass is 10.3. The van der Waals surface area contributed by atoms with Crippen molar-refractivity contribution in [1.82, 2.24) is 29.8 Å². The third-order valence-corrected chi connectivity index (χ3v) is 3.92. The van der Waals surface area contributed by atoms with E-state index in [0.717, 1.165) is 24.7 Å². The maximum absolute atomic E-state index is 12.4. The minimum Gasteiger partial charge on any atom is -0.354 e. The van der Waals surface area contributed by atoms with Gasteiger partial charge in [-0.25, -0.2) is 0 Å². The molecule has 9 nitrogen and oxygen atoms in total. The first-order chi connectivity index (χ1) is 11.7. The molecule has 2 aromatic rings. The number of hydrogen-bond acceptors (Lipinski definition) is 4. The van der Waals surface area contributed by atoms with Crippen LogP contribution in [0.3, 0.4) is 0 Å². The molecule has 1 aliphatic rings. The zero-order valence-electron chi connectivity index (χ0n) is 14.0. The smallest absolute Gasteiger partial charge is 0.246 e. The van der Waals surface area contributed by atoms with Crippen molar-refractivity contribution >= 4 is 17.6 Å². The van der Waals surface area contributed by atoms with Gasteiger partial charge in [0.1, 0.15) is 6.54 Å². The molecule has 1 amide bonds. The fraction of sp³-hybridized carbons (Fsp3) is 0.467. The first-order valence-electron chi connectivity index (χ1n) is 7.89. The Bertz CT molecular complexity index is 705. The van der Waals surface area contributed by atoms with Crippen LogP contribution in [0.4, 0.5) is 5.69 Å². The van der Waals surface area contributed by atoms with Gasteiger partial charge in [-0.05, 0) is 6.07 Å². The van der Waals surface area contributed by atoms with Gasteiger partial charge >= 0.3 is 0 Å². The van der Waals surface area contributed by atoms with Crippen LogP contribution in [0.2, 0.25) is 0 Å². The van der Waals surface area contributed by atoms with Gasteiger partial charge < -0.3 is 15.1 Å². The van der Waals surface area contributed by atoms with Crippen LogP contribution in [0.1, 0.15) is 0 Å². The van der Waals surface area contributed by atoms with E-state index in [4.69, 9.17) is 0 Å². The van der Waals surface area contributed by atoms with Crippen LogP contribution >= 0.6 is 0 Å². The predicted octanol–water partition coefficient (Wildman–Crippen LogP) is -0.459. The minimum absolute atomic E-state index is 0.0456. The lowest BCUT2D eigenvalue weighted by molar-refractivity contribution is -0.120. The van der Waals surface area contributed by atoms with E-state index >= 15 is 0 Å². The van der Waals surface area contributed by atoms with Gasteiger partial charge in [-0.2, -0.15) is 10.2 Å². The molecule has 0 radical (unpaired) electrons. The van der Waals surface area contributed by atoms with Crippen molar-refractivity contribution in [3.8, 4) is 0 Å². The van der Waals surface area contributed by atoms with E-state index in [-0.39, 0.29) is 5.91 Å². The first kappa shape index (κ1) is 16.0. The average molecular weight is 330 g/mol. The lowest BCUT2D eigenvalue weighted by Crippen LogP contribution is -2.55. The molecule has 1 fully saturated rings. The number of aromatic nitrogens is 4.